The first-order valence-corrected chi connectivity index (χ1v) is 11.5. The summed E-state index contributed by atoms with van der Waals surface area (Å²) >= 11 is 3.52. The Morgan fingerprint density at radius 3 is 2.53 bits per heavy atom. The van der Waals surface area contributed by atoms with Crippen molar-refractivity contribution in [2.24, 2.45) is 5.73 Å². The van der Waals surface area contributed by atoms with Crippen LogP contribution in [0.3, 0.4) is 0 Å². The molecular formula is C23H28BrN5O3. The van der Waals surface area contributed by atoms with Crippen LogP contribution < -0.4 is 26.0 Å². The predicted octanol–water partition coefficient (Wildman–Crippen LogP) is 3.43. The van der Waals surface area contributed by atoms with E-state index in [9.17, 15) is 4.79 Å². The fourth-order valence-electron chi connectivity index (χ4n) is 4.29. The Morgan fingerprint density at radius 2 is 1.91 bits per heavy atom. The molecule has 0 unspecified atom stereocenters. The Kier molecular flexibility index (Phi) is 6.41. The number of hydrogen-bond acceptors (Lipinski definition) is 7. The number of anilines is 1. The minimum absolute atomic E-state index is 0.136. The summed E-state index contributed by atoms with van der Waals surface area (Å²) < 4.78 is 13.8. The minimum Gasteiger partial charge on any atom is -0.495 e. The van der Waals surface area contributed by atoms with Crippen molar-refractivity contribution in [2.75, 3.05) is 45.7 Å². The van der Waals surface area contributed by atoms with Gasteiger partial charge in [-0.05, 0) is 41.2 Å². The molecule has 2 aromatic heterocycles. The van der Waals surface area contributed by atoms with Crippen LogP contribution >= 0.6 is 15.9 Å². The standard InChI is InChI=1S/C23H28BrN5O3/c1-5-28(6-2)12-16-13-7-8-15(26-10-9-25)18-20(13)29(27-16)21-17(31-3)11-14(24)23(32-4)19(21)22(18)30/h7-8,11,26H,5-6,9-10,12,25H2,1-4H3. The average Bonchev–Trinajstić information content (AvgIpc) is 3.17. The quantitative estimate of drug-likeness (QED) is 0.339. The molecule has 0 saturated carbocycles. The van der Waals surface area contributed by atoms with E-state index in [1.54, 1.807) is 14.2 Å². The van der Waals surface area contributed by atoms with Crippen LogP contribution in [0, 0.1) is 0 Å². The predicted molar refractivity (Wildman–Crippen MR) is 133 cm³/mol. The number of nitrogens with two attached hydrogens (primary N) is 1. The van der Waals surface area contributed by atoms with Crippen LogP contribution in [0.4, 0.5) is 5.69 Å². The molecule has 0 saturated heterocycles. The van der Waals surface area contributed by atoms with Crippen LogP contribution in [0.15, 0.2) is 27.5 Å². The fourth-order valence-corrected chi connectivity index (χ4v) is 4.86. The number of aromatic nitrogens is 2. The molecule has 0 aliphatic rings. The van der Waals surface area contributed by atoms with Gasteiger partial charge in [0, 0.05) is 36.8 Å². The Hall–Kier alpha value is -2.62. The molecule has 2 heterocycles. The molecule has 4 aromatic rings. The maximum atomic E-state index is 13.9. The van der Waals surface area contributed by atoms with E-state index in [1.807, 2.05) is 22.7 Å². The monoisotopic (exact) mass is 501 g/mol. The van der Waals surface area contributed by atoms with Gasteiger partial charge in [-0.15, -0.1) is 0 Å². The van der Waals surface area contributed by atoms with Gasteiger partial charge in [0.2, 0.25) is 5.43 Å². The zero-order chi connectivity index (χ0) is 23.0. The van der Waals surface area contributed by atoms with Gasteiger partial charge < -0.3 is 20.5 Å². The number of rotatable bonds is 9. The second-order valence-corrected chi connectivity index (χ2v) is 8.42. The highest BCUT2D eigenvalue weighted by molar-refractivity contribution is 9.10. The first-order valence-electron chi connectivity index (χ1n) is 10.7. The molecule has 0 aliphatic heterocycles. The van der Waals surface area contributed by atoms with Crippen LogP contribution in [0.5, 0.6) is 11.5 Å². The topological polar surface area (TPSA) is 94.1 Å². The lowest BCUT2D eigenvalue weighted by molar-refractivity contribution is 0.293. The highest BCUT2D eigenvalue weighted by Crippen LogP contribution is 2.41. The van der Waals surface area contributed by atoms with E-state index >= 15 is 0 Å². The van der Waals surface area contributed by atoms with E-state index in [-0.39, 0.29) is 5.43 Å². The third-order valence-electron chi connectivity index (χ3n) is 5.91. The Balaban J connectivity index is 2.21. The molecule has 0 spiro atoms. The highest BCUT2D eigenvalue weighted by Gasteiger charge is 2.25. The minimum atomic E-state index is -0.136. The highest BCUT2D eigenvalue weighted by atomic mass is 79.9. The summed E-state index contributed by atoms with van der Waals surface area (Å²) in [6.45, 7) is 7.78. The van der Waals surface area contributed by atoms with Gasteiger partial charge in [-0.2, -0.15) is 5.10 Å². The summed E-state index contributed by atoms with van der Waals surface area (Å²) in [6, 6.07) is 5.78. The van der Waals surface area contributed by atoms with E-state index in [1.165, 1.54) is 0 Å². The second-order valence-electron chi connectivity index (χ2n) is 7.57. The molecule has 9 heteroatoms. The molecule has 8 nitrogen and oxygen atoms in total. The molecule has 0 fully saturated rings. The number of fused-ring (bicyclic) bond motifs is 2. The summed E-state index contributed by atoms with van der Waals surface area (Å²) in [6.07, 6.45) is 0. The Labute approximate surface area is 194 Å². The fraction of sp³-hybridized carbons (Fsp3) is 0.391. The summed E-state index contributed by atoms with van der Waals surface area (Å²) in [5.74, 6) is 1.00. The van der Waals surface area contributed by atoms with Gasteiger partial charge in [0.25, 0.3) is 0 Å². The van der Waals surface area contributed by atoms with Gasteiger partial charge >= 0.3 is 0 Å². The number of nitrogens with zero attached hydrogens (tertiary/aromatic N) is 3. The largest absolute Gasteiger partial charge is 0.495 e. The molecule has 0 amide bonds. The smallest absolute Gasteiger partial charge is 0.203 e. The van der Waals surface area contributed by atoms with E-state index in [4.69, 9.17) is 20.3 Å². The number of nitrogens with one attached hydrogen (secondary N) is 1. The molecule has 0 atom stereocenters. The van der Waals surface area contributed by atoms with Gasteiger partial charge in [-0.25, -0.2) is 4.52 Å². The number of pyridine rings is 1. The third-order valence-corrected chi connectivity index (χ3v) is 6.50. The molecule has 32 heavy (non-hydrogen) atoms. The van der Waals surface area contributed by atoms with E-state index in [2.05, 4.69) is 40.0 Å². The van der Waals surface area contributed by atoms with Crippen LogP contribution in [0.2, 0.25) is 0 Å². The SMILES string of the molecule is CCN(CC)Cc1nn2c3c(OC)cc(Br)c(OC)c3c(=O)c3c(NCCN)ccc1c32. The number of benzene rings is 2. The first-order chi connectivity index (χ1) is 15.5. The van der Waals surface area contributed by atoms with Crippen molar-refractivity contribution in [3.63, 3.8) is 0 Å². The molecule has 170 valence electrons. The lowest BCUT2D eigenvalue weighted by Gasteiger charge is -2.16. The van der Waals surface area contributed by atoms with Gasteiger partial charge in [0.15, 0.2) is 0 Å². The van der Waals surface area contributed by atoms with Gasteiger partial charge in [-0.3, -0.25) is 9.69 Å². The first kappa shape index (κ1) is 22.6. The molecular weight excluding hydrogens is 474 g/mol. The molecule has 3 N–H and O–H groups in total. The van der Waals surface area contributed by atoms with E-state index in [0.717, 1.165) is 35.4 Å². The zero-order valence-corrected chi connectivity index (χ0v) is 20.4. The number of hydrogen-bond donors (Lipinski definition) is 2. The van der Waals surface area contributed by atoms with Crippen molar-refractivity contribution < 1.29 is 9.47 Å². The maximum absolute atomic E-state index is 13.9. The number of ether oxygens (including phenoxy) is 2. The van der Waals surface area contributed by atoms with Crippen LogP contribution in [-0.4, -0.2) is 54.9 Å². The normalized spacial score (nSPS) is 11.8. The van der Waals surface area contributed by atoms with E-state index in [0.29, 0.717) is 51.9 Å². The van der Waals surface area contributed by atoms with Crippen molar-refractivity contribution in [3.8, 4) is 11.5 Å². The summed E-state index contributed by atoms with van der Waals surface area (Å²) in [7, 11) is 3.14. The van der Waals surface area contributed by atoms with Gasteiger partial charge in [0.1, 0.15) is 17.0 Å². The van der Waals surface area contributed by atoms with Gasteiger partial charge in [0.05, 0.1) is 40.7 Å². The lowest BCUT2D eigenvalue weighted by atomic mass is 10.0. The summed E-state index contributed by atoms with van der Waals surface area (Å²) in [4.78, 5) is 16.2. The molecule has 0 aliphatic carbocycles. The van der Waals surface area contributed by atoms with Crippen molar-refractivity contribution in [1.82, 2.24) is 14.5 Å². The lowest BCUT2D eigenvalue weighted by Crippen LogP contribution is -2.22. The molecule has 4 rings (SSSR count). The van der Waals surface area contributed by atoms with Crippen molar-refractivity contribution >= 4 is 48.8 Å². The van der Waals surface area contributed by atoms with Crippen LogP contribution in [0.25, 0.3) is 27.2 Å². The number of halogens is 1. The summed E-state index contributed by atoms with van der Waals surface area (Å²) in [5, 5.41) is 10.2. The molecule has 0 radical (unpaired) electrons. The average molecular weight is 502 g/mol. The Bertz CT molecular complexity index is 1330. The third kappa shape index (κ3) is 3.44. The van der Waals surface area contributed by atoms with Crippen molar-refractivity contribution in [3.05, 3.63) is 38.6 Å². The zero-order valence-electron chi connectivity index (χ0n) is 18.8. The van der Waals surface area contributed by atoms with Crippen LogP contribution in [0.1, 0.15) is 19.5 Å². The van der Waals surface area contributed by atoms with E-state index < -0.39 is 0 Å². The van der Waals surface area contributed by atoms with Crippen molar-refractivity contribution in [2.45, 2.75) is 20.4 Å². The second kappa shape index (κ2) is 9.09. The molecule has 0 bridgehead atoms. The van der Waals surface area contributed by atoms with Crippen LogP contribution in [-0.2, 0) is 6.54 Å². The molecule has 2 aromatic carbocycles. The number of methoxy groups -OCH3 is 2. The Morgan fingerprint density at radius 1 is 1.16 bits per heavy atom. The van der Waals surface area contributed by atoms with Gasteiger partial charge in [-0.1, -0.05) is 13.8 Å². The van der Waals surface area contributed by atoms with Crippen molar-refractivity contribution in [1.29, 1.82) is 0 Å². The maximum Gasteiger partial charge on any atom is 0.203 e. The summed E-state index contributed by atoms with van der Waals surface area (Å²) in [5.41, 5.74) is 8.59.